The van der Waals surface area contributed by atoms with E-state index < -0.39 is 64.2 Å². The lowest BCUT2D eigenvalue weighted by molar-refractivity contribution is -0.176. The van der Waals surface area contributed by atoms with Gasteiger partial charge in [0.1, 0.15) is 12.1 Å². The summed E-state index contributed by atoms with van der Waals surface area (Å²) in [4.78, 5) is 65.7. The average Bonchev–Trinajstić information content (AvgIpc) is 3.18. The van der Waals surface area contributed by atoms with E-state index in [1.807, 2.05) is 19.2 Å². The van der Waals surface area contributed by atoms with Crippen molar-refractivity contribution in [2.75, 3.05) is 26.2 Å². The van der Waals surface area contributed by atoms with Gasteiger partial charge in [-0.1, -0.05) is 34.6 Å². The largest absolute Gasteiger partial charge is 0.471 e. The number of hydrogen-bond acceptors (Lipinski definition) is 7. The number of piperidine rings is 2. The van der Waals surface area contributed by atoms with E-state index in [-0.39, 0.29) is 36.1 Å². The Hall–Kier alpha value is -2.55. The van der Waals surface area contributed by atoms with Gasteiger partial charge in [-0.25, -0.2) is 0 Å². The van der Waals surface area contributed by atoms with Crippen LogP contribution in [0.5, 0.6) is 0 Å². The molecule has 5 amide bonds. The van der Waals surface area contributed by atoms with Crippen LogP contribution in [0.1, 0.15) is 60.3 Å². The van der Waals surface area contributed by atoms with Crippen molar-refractivity contribution in [1.29, 1.82) is 0 Å². The highest BCUT2D eigenvalue weighted by Crippen LogP contribution is 2.65. The van der Waals surface area contributed by atoms with Crippen LogP contribution in [0.15, 0.2) is 0 Å². The van der Waals surface area contributed by atoms with Crippen LogP contribution < -0.4 is 16.0 Å². The zero-order valence-electron chi connectivity index (χ0n) is 25.1. The Morgan fingerprint density at radius 1 is 1.12 bits per heavy atom. The number of nitrogens with one attached hydrogen (secondary N) is 3. The molecule has 4 fully saturated rings. The predicted octanol–water partition coefficient (Wildman–Crippen LogP) is 0.814. The van der Waals surface area contributed by atoms with Crippen molar-refractivity contribution in [3.8, 4) is 0 Å². The van der Waals surface area contributed by atoms with Crippen LogP contribution in [0.3, 0.4) is 0 Å². The Bertz CT molecular complexity index is 1170. The fourth-order valence-electron chi connectivity index (χ4n) is 6.67. The minimum Gasteiger partial charge on any atom is -0.369 e. The van der Waals surface area contributed by atoms with Gasteiger partial charge in [0, 0.05) is 32.1 Å². The number of alkyl halides is 3. The number of aliphatic hydroxyl groups is 1. The number of rotatable bonds is 8. The predicted molar refractivity (Wildman–Crippen MR) is 151 cm³/mol. The average molecular weight is 634 g/mol. The Morgan fingerprint density at radius 2 is 1.74 bits per heavy atom. The standard InChI is InChI=1S/C28H42F3N5O6S/c1-25(2,3)19(34-23(40)28(29,30)31)22(39)36-13-15-17(26(15,4)5)18(36)21(38)33-16(12-14-8-6-9-32-20(14)37)27(42,43)24(41)35-10-7-11-35/h14-19,42-43H,6-13H2,1-5H3,(H,32,37)(H,33,38)(H,34,40)/t14-,15-,16-,17-,18-,19+,27-/m0/s1. The lowest BCUT2D eigenvalue weighted by atomic mass is 9.85. The smallest absolute Gasteiger partial charge is 0.369 e. The van der Waals surface area contributed by atoms with Gasteiger partial charge in [-0.05, 0) is 48.3 Å². The van der Waals surface area contributed by atoms with Gasteiger partial charge in [0.25, 0.3) is 5.91 Å². The van der Waals surface area contributed by atoms with Gasteiger partial charge in [0.05, 0.1) is 6.04 Å². The molecule has 4 rings (SSSR count). The van der Waals surface area contributed by atoms with Crippen LogP contribution in [0.2, 0.25) is 0 Å². The summed E-state index contributed by atoms with van der Waals surface area (Å²) < 4.78 is 39.4. The topological polar surface area (TPSA) is 148 Å². The van der Waals surface area contributed by atoms with E-state index in [4.69, 9.17) is 0 Å². The lowest BCUT2D eigenvalue weighted by Gasteiger charge is -2.42. The highest BCUT2D eigenvalue weighted by molar-refractivity contribution is 7.82. The van der Waals surface area contributed by atoms with Crippen LogP contribution in [-0.2, 0) is 24.0 Å². The Morgan fingerprint density at radius 3 is 2.26 bits per heavy atom. The molecule has 11 nitrogen and oxygen atoms in total. The minimum atomic E-state index is -5.21. The summed E-state index contributed by atoms with van der Waals surface area (Å²) in [6.07, 6.45) is -3.43. The van der Waals surface area contributed by atoms with Crippen LogP contribution in [-0.4, -0.2) is 99.9 Å². The third-order valence-corrected chi connectivity index (χ3v) is 10.1. The van der Waals surface area contributed by atoms with Crippen molar-refractivity contribution in [2.24, 2.45) is 28.6 Å². The van der Waals surface area contributed by atoms with Crippen LogP contribution >= 0.6 is 12.6 Å². The molecular weight excluding hydrogens is 591 g/mol. The van der Waals surface area contributed by atoms with Crippen molar-refractivity contribution in [2.45, 2.75) is 89.5 Å². The fraction of sp³-hybridized carbons (Fsp3) is 0.821. The molecule has 3 saturated heterocycles. The molecule has 3 heterocycles. The van der Waals surface area contributed by atoms with Gasteiger partial charge >= 0.3 is 12.1 Å². The van der Waals surface area contributed by atoms with E-state index in [9.17, 15) is 42.3 Å². The zero-order chi connectivity index (χ0) is 32.3. The molecule has 0 aromatic rings. The monoisotopic (exact) mass is 633 g/mol. The summed E-state index contributed by atoms with van der Waals surface area (Å²) >= 11 is 4.30. The van der Waals surface area contributed by atoms with Crippen molar-refractivity contribution >= 4 is 42.2 Å². The van der Waals surface area contributed by atoms with Crippen molar-refractivity contribution in [3.05, 3.63) is 0 Å². The second-order valence-corrected chi connectivity index (χ2v) is 14.6. The van der Waals surface area contributed by atoms with Crippen molar-refractivity contribution in [3.63, 3.8) is 0 Å². The van der Waals surface area contributed by atoms with E-state index in [0.717, 1.165) is 6.42 Å². The summed E-state index contributed by atoms with van der Waals surface area (Å²) in [5.41, 5.74) is -1.50. The van der Waals surface area contributed by atoms with Gasteiger partial charge in [-0.15, -0.1) is 12.6 Å². The second kappa shape index (κ2) is 11.4. The molecule has 15 heteroatoms. The van der Waals surface area contributed by atoms with E-state index >= 15 is 0 Å². The number of halogens is 3. The first-order valence-electron chi connectivity index (χ1n) is 14.7. The van der Waals surface area contributed by atoms with Crippen LogP contribution in [0.25, 0.3) is 0 Å². The summed E-state index contributed by atoms with van der Waals surface area (Å²) in [5, 5.41) is 18.7. The maximum Gasteiger partial charge on any atom is 0.471 e. The van der Waals surface area contributed by atoms with Gasteiger partial charge in [0.2, 0.25) is 22.7 Å². The summed E-state index contributed by atoms with van der Waals surface area (Å²) in [6.45, 7) is 9.76. The molecule has 0 radical (unpaired) electrons. The molecule has 242 valence electrons. The first-order valence-corrected chi connectivity index (χ1v) is 15.1. The molecule has 3 aliphatic heterocycles. The third kappa shape index (κ3) is 6.47. The zero-order valence-corrected chi connectivity index (χ0v) is 26.0. The number of likely N-dealkylation sites (tertiary alicyclic amines) is 2. The Balaban J connectivity index is 1.62. The van der Waals surface area contributed by atoms with E-state index in [0.29, 0.717) is 32.5 Å². The maximum absolute atomic E-state index is 14.1. The molecule has 7 atom stereocenters. The van der Waals surface area contributed by atoms with Crippen molar-refractivity contribution < 1.29 is 42.3 Å². The van der Waals surface area contributed by atoms with Crippen molar-refractivity contribution in [1.82, 2.24) is 25.8 Å². The van der Waals surface area contributed by atoms with Gasteiger partial charge in [-0.2, -0.15) is 13.2 Å². The number of thiol groups is 1. The number of nitrogens with zero attached hydrogens (tertiary/aromatic N) is 2. The Kier molecular flexibility index (Phi) is 8.86. The second-order valence-electron chi connectivity index (χ2n) is 14.0. The summed E-state index contributed by atoms with van der Waals surface area (Å²) in [7, 11) is 0. The normalized spacial score (nSPS) is 29.3. The number of carbonyl (C=O) groups is 5. The van der Waals surface area contributed by atoms with E-state index in [2.05, 4.69) is 23.3 Å². The number of fused-ring (bicyclic) bond motifs is 1. The summed E-state index contributed by atoms with van der Waals surface area (Å²) in [6, 6.07) is -4.05. The van der Waals surface area contributed by atoms with Crippen LogP contribution in [0.4, 0.5) is 13.2 Å². The molecule has 4 N–H and O–H groups in total. The summed E-state index contributed by atoms with van der Waals surface area (Å²) in [5.74, 6) is -5.91. The van der Waals surface area contributed by atoms with Gasteiger partial charge in [0.15, 0.2) is 0 Å². The van der Waals surface area contributed by atoms with Gasteiger partial charge in [-0.3, -0.25) is 24.0 Å². The highest BCUT2D eigenvalue weighted by atomic mass is 32.1. The molecule has 0 aromatic heterocycles. The molecule has 43 heavy (non-hydrogen) atoms. The molecule has 0 spiro atoms. The molecule has 1 aliphatic carbocycles. The van der Waals surface area contributed by atoms with E-state index in [1.54, 1.807) is 0 Å². The molecule has 1 saturated carbocycles. The molecule has 0 aromatic carbocycles. The highest BCUT2D eigenvalue weighted by Gasteiger charge is 2.70. The molecular formula is C28H42F3N5O6S. The van der Waals surface area contributed by atoms with Crippen LogP contribution in [0, 0.1) is 28.6 Å². The van der Waals surface area contributed by atoms with E-state index in [1.165, 1.54) is 30.6 Å². The Labute approximate surface area is 254 Å². The lowest BCUT2D eigenvalue weighted by Crippen LogP contribution is -2.64. The maximum atomic E-state index is 14.1. The molecule has 0 unspecified atom stereocenters. The first kappa shape index (κ1) is 33.3. The number of amides is 5. The number of carbonyl (C=O) groups excluding carboxylic acids is 5. The third-order valence-electron chi connectivity index (χ3n) is 9.59. The first-order chi connectivity index (χ1) is 19.7. The molecule has 0 bridgehead atoms. The minimum absolute atomic E-state index is 0.0800. The number of hydrogen-bond donors (Lipinski definition) is 5. The SMILES string of the molecule is CC(C)(C)[C@H](NC(=O)C(F)(F)F)C(=O)N1C[C@H]2[C@@H]([C@H]1C(=O)N[C@@H](C[C@@H]1CCCNC1=O)[C@](O)(S)C(=O)N1CCC1)C2(C)C. The van der Waals surface area contributed by atoms with Gasteiger partial charge < -0.3 is 30.9 Å². The fourth-order valence-corrected chi connectivity index (χ4v) is 6.98. The quantitative estimate of drug-likeness (QED) is 0.198. The molecule has 4 aliphatic rings.